The molecule has 0 unspecified atom stereocenters. The van der Waals surface area contributed by atoms with Crippen LogP contribution >= 0.6 is 0 Å². The first-order valence-corrected chi connectivity index (χ1v) is 8.37. The van der Waals surface area contributed by atoms with Gasteiger partial charge < -0.3 is 10.6 Å². The Bertz CT molecular complexity index is 709. The first-order chi connectivity index (χ1) is 11.8. The van der Waals surface area contributed by atoms with Gasteiger partial charge in [-0.2, -0.15) is 0 Å². The number of benzene rings is 1. The molecule has 2 aromatic rings. The van der Waals surface area contributed by atoms with Gasteiger partial charge in [0, 0.05) is 35.4 Å². The third-order valence-corrected chi connectivity index (χ3v) is 4.24. The fourth-order valence-electron chi connectivity index (χ4n) is 3.03. The summed E-state index contributed by atoms with van der Waals surface area (Å²) in [6.45, 7) is 3.48. The Hall–Kier alpha value is -2.69. The summed E-state index contributed by atoms with van der Waals surface area (Å²) < 4.78 is 0. The highest BCUT2D eigenvalue weighted by atomic mass is 16.1. The molecule has 0 atom stereocenters. The predicted molar refractivity (Wildman–Crippen MR) is 96.8 cm³/mol. The number of nitrogens with one attached hydrogen (secondary N) is 2. The molecule has 1 aliphatic rings. The number of anilines is 2. The van der Waals surface area contributed by atoms with Crippen LogP contribution in [0.4, 0.5) is 11.4 Å². The molecule has 1 saturated carbocycles. The van der Waals surface area contributed by atoms with Crippen LogP contribution in [-0.4, -0.2) is 21.9 Å². The molecule has 5 nitrogen and oxygen atoms in total. The van der Waals surface area contributed by atoms with E-state index in [1.807, 2.05) is 18.2 Å². The van der Waals surface area contributed by atoms with Crippen LogP contribution in [0.1, 0.15) is 32.1 Å². The summed E-state index contributed by atoms with van der Waals surface area (Å²) in [5, 5.41) is 6.42. The minimum absolute atomic E-state index is 0.233. The van der Waals surface area contributed by atoms with Crippen molar-refractivity contribution in [2.45, 2.75) is 38.1 Å². The Morgan fingerprint density at radius 2 is 1.92 bits per heavy atom. The lowest BCUT2D eigenvalue weighted by Crippen LogP contribution is -2.22. The van der Waals surface area contributed by atoms with E-state index < -0.39 is 0 Å². The maximum atomic E-state index is 11.6. The zero-order valence-corrected chi connectivity index (χ0v) is 13.7. The van der Waals surface area contributed by atoms with Crippen molar-refractivity contribution in [3.8, 4) is 11.4 Å². The highest BCUT2D eigenvalue weighted by molar-refractivity contribution is 5.99. The minimum atomic E-state index is -0.233. The van der Waals surface area contributed by atoms with E-state index in [1.54, 1.807) is 18.5 Å². The first kappa shape index (κ1) is 16.2. The molecule has 0 aliphatic heterocycles. The molecule has 1 aromatic carbocycles. The first-order valence-electron chi connectivity index (χ1n) is 8.37. The van der Waals surface area contributed by atoms with Crippen LogP contribution in [0.15, 0.2) is 49.3 Å². The molecule has 124 valence electrons. The molecule has 24 heavy (non-hydrogen) atoms. The van der Waals surface area contributed by atoms with E-state index in [0.29, 0.717) is 17.6 Å². The van der Waals surface area contributed by atoms with Gasteiger partial charge in [0.2, 0.25) is 5.91 Å². The van der Waals surface area contributed by atoms with Crippen molar-refractivity contribution < 1.29 is 4.79 Å². The third-order valence-electron chi connectivity index (χ3n) is 4.24. The van der Waals surface area contributed by atoms with E-state index >= 15 is 0 Å². The highest BCUT2D eigenvalue weighted by Crippen LogP contribution is 2.31. The zero-order chi connectivity index (χ0) is 16.8. The van der Waals surface area contributed by atoms with E-state index in [-0.39, 0.29) is 5.91 Å². The average Bonchev–Trinajstić information content (AvgIpc) is 2.64. The van der Waals surface area contributed by atoms with Gasteiger partial charge in [-0.3, -0.25) is 4.79 Å². The molecule has 5 heteroatoms. The van der Waals surface area contributed by atoms with Crippen LogP contribution < -0.4 is 10.6 Å². The number of carbonyl (C=O) groups excluding carboxylic acids is 1. The Morgan fingerprint density at radius 1 is 1.17 bits per heavy atom. The second-order valence-electron chi connectivity index (χ2n) is 6.01. The second kappa shape index (κ2) is 7.73. The van der Waals surface area contributed by atoms with Gasteiger partial charge in [-0.25, -0.2) is 9.97 Å². The number of carbonyl (C=O) groups is 1. The van der Waals surface area contributed by atoms with Gasteiger partial charge in [0.25, 0.3) is 0 Å². The normalized spacial score (nSPS) is 14.8. The van der Waals surface area contributed by atoms with Gasteiger partial charge in [0.05, 0.1) is 0 Å². The van der Waals surface area contributed by atoms with Gasteiger partial charge in [0.15, 0.2) is 5.82 Å². The van der Waals surface area contributed by atoms with Crippen LogP contribution in [0.5, 0.6) is 0 Å². The van der Waals surface area contributed by atoms with Gasteiger partial charge in [-0.1, -0.05) is 25.8 Å². The average molecular weight is 322 g/mol. The Balaban J connectivity index is 1.91. The highest BCUT2D eigenvalue weighted by Gasteiger charge is 2.16. The second-order valence-corrected chi connectivity index (χ2v) is 6.01. The van der Waals surface area contributed by atoms with Crippen molar-refractivity contribution >= 4 is 17.3 Å². The molecule has 0 radical (unpaired) electrons. The summed E-state index contributed by atoms with van der Waals surface area (Å²) in [7, 11) is 0. The summed E-state index contributed by atoms with van der Waals surface area (Å²) in [4.78, 5) is 20.3. The third kappa shape index (κ3) is 3.98. The summed E-state index contributed by atoms with van der Waals surface area (Å²) in [6, 6.07) is 8.05. The minimum Gasteiger partial charge on any atom is -0.382 e. The number of amides is 1. The SMILES string of the molecule is C=CC(=O)Nc1ccc(NC2CCCCC2)c(-c2ncccn2)c1. The molecule has 1 fully saturated rings. The molecule has 3 rings (SSSR count). The van der Waals surface area contributed by atoms with Crippen molar-refractivity contribution in [2.24, 2.45) is 0 Å². The van der Waals surface area contributed by atoms with E-state index in [1.165, 1.54) is 38.2 Å². The molecule has 0 bridgehead atoms. The number of hydrogen-bond donors (Lipinski definition) is 2. The van der Waals surface area contributed by atoms with Crippen LogP contribution in [0.25, 0.3) is 11.4 Å². The molecule has 1 amide bonds. The largest absolute Gasteiger partial charge is 0.382 e. The van der Waals surface area contributed by atoms with Crippen molar-refractivity contribution in [3.05, 3.63) is 49.3 Å². The Labute approximate surface area is 142 Å². The fourth-order valence-corrected chi connectivity index (χ4v) is 3.03. The number of rotatable bonds is 5. The van der Waals surface area contributed by atoms with Crippen LogP contribution in [0.2, 0.25) is 0 Å². The molecule has 1 aromatic heterocycles. The molecule has 0 spiro atoms. The van der Waals surface area contributed by atoms with Crippen molar-refractivity contribution in [2.75, 3.05) is 10.6 Å². The number of hydrogen-bond acceptors (Lipinski definition) is 4. The van der Waals surface area contributed by atoms with Gasteiger partial charge in [0.1, 0.15) is 0 Å². The summed E-state index contributed by atoms with van der Waals surface area (Å²) in [5.74, 6) is 0.411. The molecular formula is C19H22N4O. The van der Waals surface area contributed by atoms with Crippen molar-refractivity contribution in [1.82, 2.24) is 9.97 Å². The molecule has 2 N–H and O–H groups in total. The van der Waals surface area contributed by atoms with Gasteiger partial charge in [-0.05, 0) is 43.2 Å². The van der Waals surface area contributed by atoms with Crippen molar-refractivity contribution in [3.63, 3.8) is 0 Å². The van der Waals surface area contributed by atoms with Crippen LogP contribution in [0.3, 0.4) is 0 Å². The number of nitrogens with zero attached hydrogens (tertiary/aromatic N) is 2. The Kier molecular flexibility index (Phi) is 5.21. The Morgan fingerprint density at radius 3 is 2.62 bits per heavy atom. The van der Waals surface area contributed by atoms with E-state index in [0.717, 1.165) is 11.3 Å². The molecule has 1 heterocycles. The van der Waals surface area contributed by atoms with Gasteiger partial charge >= 0.3 is 0 Å². The fraction of sp³-hybridized carbons (Fsp3) is 0.316. The van der Waals surface area contributed by atoms with Crippen LogP contribution in [-0.2, 0) is 4.79 Å². The molecular weight excluding hydrogens is 300 g/mol. The number of aromatic nitrogens is 2. The monoisotopic (exact) mass is 322 g/mol. The molecule has 0 saturated heterocycles. The quantitative estimate of drug-likeness (QED) is 0.816. The van der Waals surface area contributed by atoms with E-state index in [9.17, 15) is 4.79 Å². The summed E-state index contributed by atoms with van der Waals surface area (Å²) in [5.41, 5.74) is 2.60. The molecule has 1 aliphatic carbocycles. The maximum absolute atomic E-state index is 11.6. The lowest BCUT2D eigenvalue weighted by atomic mass is 9.95. The van der Waals surface area contributed by atoms with Gasteiger partial charge in [-0.15, -0.1) is 0 Å². The predicted octanol–water partition coefficient (Wildman–Crippen LogP) is 4.01. The lowest BCUT2D eigenvalue weighted by molar-refractivity contribution is -0.111. The van der Waals surface area contributed by atoms with E-state index in [4.69, 9.17) is 0 Å². The lowest BCUT2D eigenvalue weighted by Gasteiger charge is -2.25. The topological polar surface area (TPSA) is 66.9 Å². The van der Waals surface area contributed by atoms with E-state index in [2.05, 4.69) is 27.2 Å². The maximum Gasteiger partial charge on any atom is 0.247 e. The summed E-state index contributed by atoms with van der Waals surface area (Å²) >= 11 is 0. The smallest absolute Gasteiger partial charge is 0.247 e. The van der Waals surface area contributed by atoms with Crippen molar-refractivity contribution in [1.29, 1.82) is 0 Å². The zero-order valence-electron chi connectivity index (χ0n) is 13.7. The summed E-state index contributed by atoms with van der Waals surface area (Å²) in [6.07, 6.45) is 10.9. The standard InChI is InChI=1S/C19H22N4O/c1-2-18(24)23-15-9-10-17(22-14-7-4-3-5-8-14)16(13-15)19-20-11-6-12-21-19/h2,6,9-14,22H,1,3-5,7-8H2,(H,23,24). The van der Waals surface area contributed by atoms with Crippen LogP contribution in [0, 0.1) is 0 Å².